The van der Waals surface area contributed by atoms with Crippen molar-refractivity contribution in [1.29, 1.82) is 0 Å². The van der Waals surface area contributed by atoms with Gasteiger partial charge in [0, 0.05) is 12.6 Å². The molecular formula is C12H19N5O6. The molecule has 0 bridgehead atoms. The van der Waals surface area contributed by atoms with Crippen LogP contribution in [0.25, 0.3) is 0 Å². The third-order valence-corrected chi connectivity index (χ3v) is 2.76. The molecule has 7 N–H and O–H groups in total. The highest BCUT2D eigenvalue weighted by molar-refractivity contribution is 5.87. The summed E-state index contributed by atoms with van der Waals surface area (Å²) in [6, 6.07) is -3.51. The molecule has 11 heteroatoms. The van der Waals surface area contributed by atoms with E-state index < -0.39 is 42.6 Å². The van der Waals surface area contributed by atoms with Gasteiger partial charge in [-0.3, -0.25) is 4.79 Å². The lowest BCUT2D eigenvalue weighted by molar-refractivity contribution is -0.157. The summed E-state index contributed by atoms with van der Waals surface area (Å²) in [5.74, 6) is -2.96. The van der Waals surface area contributed by atoms with Crippen molar-refractivity contribution in [2.24, 2.45) is 5.73 Å². The first-order valence-corrected chi connectivity index (χ1v) is 6.68. The molecule has 0 fully saturated rings. The number of hydrogen-bond donors (Lipinski definition) is 6. The van der Waals surface area contributed by atoms with E-state index in [-0.39, 0.29) is 6.42 Å². The molecule has 1 rings (SSSR count). The lowest BCUT2D eigenvalue weighted by Gasteiger charge is -2.19. The van der Waals surface area contributed by atoms with E-state index in [1.165, 1.54) is 19.4 Å². The summed E-state index contributed by atoms with van der Waals surface area (Å²) in [5, 5.41) is 20.5. The van der Waals surface area contributed by atoms with Crippen LogP contribution in [-0.2, 0) is 25.6 Å². The number of imidazole rings is 1. The van der Waals surface area contributed by atoms with E-state index in [1.54, 1.807) is 0 Å². The summed E-state index contributed by atoms with van der Waals surface area (Å²) in [5.41, 5.74) is 7.76. The average Bonchev–Trinajstić information content (AvgIpc) is 2.99. The molecule has 1 heterocycles. The van der Waals surface area contributed by atoms with E-state index in [0.717, 1.165) is 0 Å². The van der Waals surface area contributed by atoms with Gasteiger partial charge in [0.2, 0.25) is 5.91 Å². The molecule has 1 amide bonds. The van der Waals surface area contributed by atoms with Crippen molar-refractivity contribution in [3.63, 3.8) is 0 Å². The number of aliphatic carboxylic acids is 1. The van der Waals surface area contributed by atoms with Crippen LogP contribution in [0.3, 0.4) is 0 Å². The SMILES string of the molecule is C[C@H](N)C(=O)ON[C@H](CO)C(=O)N[C@H](Cc1c[nH]cn1)C(=O)O. The number of carbonyl (C=O) groups excluding carboxylic acids is 2. The molecule has 0 spiro atoms. The zero-order valence-electron chi connectivity index (χ0n) is 12.4. The molecule has 0 aliphatic rings. The number of aliphatic hydroxyl groups excluding tert-OH is 1. The molecule has 0 saturated heterocycles. The predicted octanol–water partition coefficient (Wildman–Crippen LogP) is -2.72. The number of hydrogen-bond acceptors (Lipinski definition) is 8. The summed E-state index contributed by atoms with van der Waals surface area (Å²) in [4.78, 5) is 45.4. The van der Waals surface area contributed by atoms with Crippen LogP contribution in [0.2, 0.25) is 0 Å². The minimum Gasteiger partial charge on any atom is -0.480 e. The zero-order chi connectivity index (χ0) is 17.4. The van der Waals surface area contributed by atoms with Crippen LogP contribution in [0.15, 0.2) is 12.5 Å². The normalized spacial score (nSPS) is 14.6. The molecule has 23 heavy (non-hydrogen) atoms. The second-order valence-corrected chi connectivity index (χ2v) is 4.73. The lowest BCUT2D eigenvalue weighted by Crippen LogP contribution is -2.53. The highest BCUT2D eigenvalue weighted by atomic mass is 16.7. The average molecular weight is 329 g/mol. The molecule has 0 aromatic carbocycles. The topological polar surface area (TPSA) is 180 Å². The van der Waals surface area contributed by atoms with Crippen LogP contribution < -0.4 is 16.5 Å². The van der Waals surface area contributed by atoms with Gasteiger partial charge in [0.05, 0.1) is 18.6 Å². The fraction of sp³-hybridized carbons (Fsp3) is 0.500. The van der Waals surface area contributed by atoms with Gasteiger partial charge in [0.15, 0.2) is 0 Å². The van der Waals surface area contributed by atoms with E-state index in [4.69, 9.17) is 15.9 Å². The zero-order valence-corrected chi connectivity index (χ0v) is 12.4. The summed E-state index contributed by atoms with van der Waals surface area (Å²) in [6.45, 7) is 0.662. The van der Waals surface area contributed by atoms with Crippen molar-refractivity contribution in [1.82, 2.24) is 20.8 Å². The molecular weight excluding hydrogens is 310 g/mol. The summed E-state index contributed by atoms with van der Waals surface area (Å²) >= 11 is 0. The largest absolute Gasteiger partial charge is 0.480 e. The number of hydroxylamine groups is 1. The summed E-state index contributed by atoms with van der Waals surface area (Å²) < 4.78 is 0. The highest BCUT2D eigenvalue weighted by Gasteiger charge is 2.27. The summed E-state index contributed by atoms with van der Waals surface area (Å²) in [6.07, 6.45) is 2.82. The second-order valence-electron chi connectivity index (χ2n) is 4.73. The fourth-order valence-electron chi connectivity index (χ4n) is 1.48. The number of amides is 1. The van der Waals surface area contributed by atoms with Crippen LogP contribution in [-0.4, -0.2) is 62.8 Å². The third kappa shape index (κ3) is 6.02. The van der Waals surface area contributed by atoms with Gasteiger partial charge in [-0.1, -0.05) is 0 Å². The Morgan fingerprint density at radius 2 is 2.13 bits per heavy atom. The minimum atomic E-state index is -1.33. The number of nitrogens with two attached hydrogens (primary N) is 1. The van der Waals surface area contributed by atoms with Crippen LogP contribution in [0, 0.1) is 0 Å². The number of H-pyrrole nitrogens is 1. The highest BCUT2D eigenvalue weighted by Crippen LogP contribution is 2.00. The number of nitrogens with one attached hydrogen (secondary N) is 3. The van der Waals surface area contributed by atoms with Crippen molar-refractivity contribution in [3.05, 3.63) is 18.2 Å². The van der Waals surface area contributed by atoms with Crippen LogP contribution in [0.1, 0.15) is 12.6 Å². The Morgan fingerprint density at radius 3 is 2.61 bits per heavy atom. The van der Waals surface area contributed by atoms with Gasteiger partial charge in [-0.25, -0.2) is 14.6 Å². The predicted molar refractivity (Wildman–Crippen MR) is 75.6 cm³/mol. The van der Waals surface area contributed by atoms with E-state index in [2.05, 4.69) is 20.1 Å². The Morgan fingerprint density at radius 1 is 1.43 bits per heavy atom. The Hall–Kier alpha value is -2.50. The molecule has 11 nitrogen and oxygen atoms in total. The number of carbonyl (C=O) groups is 3. The quantitative estimate of drug-likeness (QED) is 0.262. The van der Waals surface area contributed by atoms with Gasteiger partial charge < -0.3 is 31.1 Å². The van der Waals surface area contributed by atoms with Crippen LogP contribution >= 0.6 is 0 Å². The number of aromatic amines is 1. The first-order chi connectivity index (χ1) is 10.8. The van der Waals surface area contributed by atoms with Crippen molar-refractivity contribution in [2.75, 3.05) is 6.61 Å². The molecule has 3 atom stereocenters. The van der Waals surface area contributed by atoms with Crippen LogP contribution in [0.4, 0.5) is 0 Å². The first kappa shape index (κ1) is 18.5. The van der Waals surface area contributed by atoms with Crippen LogP contribution in [0.5, 0.6) is 0 Å². The van der Waals surface area contributed by atoms with E-state index in [0.29, 0.717) is 5.69 Å². The Kier molecular flexibility index (Phi) is 7.12. The Labute approximate surface area is 131 Å². The van der Waals surface area contributed by atoms with Gasteiger partial charge in [0.25, 0.3) is 0 Å². The second kappa shape index (κ2) is 8.82. The Bertz CT molecular complexity index is 532. The maximum atomic E-state index is 12.0. The fourth-order valence-corrected chi connectivity index (χ4v) is 1.48. The van der Waals surface area contributed by atoms with Gasteiger partial charge in [-0.05, 0) is 6.92 Å². The molecule has 0 saturated carbocycles. The van der Waals surface area contributed by atoms with Crippen molar-refractivity contribution < 1.29 is 29.4 Å². The van der Waals surface area contributed by atoms with Gasteiger partial charge in [-0.15, -0.1) is 5.48 Å². The molecule has 0 unspecified atom stereocenters. The number of nitrogens with zero attached hydrogens (tertiary/aromatic N) is 1. The monoisotopic (exact) mass is 329 g/mol. The molecule has 0 aliphatic heterocycles. The Balaban J connectivity index is 2.61. The van der Waals surface area contributed by atoms with Gasteiger partial charge >= 0.3 is 11.9 Å². The van der Waals surface area contributed by atoms with E-state index in [1.807, 2.05) is 5.48 Å². The van der Waals surface area contributed by atoms with Crippen molar-refractivity contribution in [2.45, 2.75) is 31.5 Å². The molecule has 0 radical (unpaired) electrons. The number of aromatic nitrogens is 2. The lowest BCUT2D eigenvalue weighted by atomic mass is 10.1. The number of carboxylic acids is 1. The molecule has 128 valence electrons. The number of aliphatic hydroxyl groups is 1. The third-order valence-electron chi connectivity index (χ3n) is 2.76. The van der Waals surface area contributed by atoms with Crippen molar-refractivity contribution in [3.8, 4) is 0 Å². The molecule has 0 aliphatic carbocycles. The smallest absolute Gasteiger partial charge is 0.341 e. The standard InChI is InChI=1S/C12H19N5O6/c1-6(13)12(22)23-17-9(4-18)10(19)16-8(11(20)21)2-7-3-14-5-15-7/h3,5-6,8-9,17-18H,2,4,13H2,1H3,(H,14,15)(H,16,19)(H,20,21)/t6-,8+,9+/m0/s1. The maximum absolute atomic E-state index is 12.0. The minimum absolute atomic E-state index is 0.0532. The molecule has 1 aromatic rings. The van der Waals surface area contributed by atoms with Gasteiger partial charge in [0.1, 0.15) is 18.1 Å². The first-order valence-electron chi connectivity index (χ1n) is 6.68. The van der Waals surface area contributed by atoms with Gasteiger partial charge in [-0.2, -0.15) is 0 Å². The van der Waals surface area contributed by atoms with E-state index in [9.17, 15) is 14.4 Å². The van der Waals surface area contributed by atoms with Crippen molar-refractivity contribution >= 4 is 17.8 Å². The maximum Gasteiger partial charge on any atom is 0.341 e. The summed E-state index contributed by atoms with van der Waals surface area (Å²) in [7, 11) is 0. The molecule has 1 aromatic heterocycles. The number of rotatable bonds is 9. The van der Waals surface area contributed by atoms with E-state index >= 15 is 0 Å². The number of carboxylic acid groups (broad SMARTS) is 1.